The number of rotatable bonds is 5. The van der Waals surface area contributed by atoms with E-state index < -0.39 is 4.92 Å². The summed E-state index contributed by atoms with van der Waals surface area (Å²) < 4.78 is 2.20. The van der Waals surface area contributed by atoms with Crippen LogP contribution in [0.25, 0.3) is 5.69 Å². The molecular formula is C20H21N5O2. The summed E-state index contributed by atoms with van der Waals surface area (Å²) in [4.78, 5) is 14.5. The fraction of sp³-hybridized carbons (Fsp3) is 0.200. The van der Waals surface area contributed by atoms with Crippen LogP contribution in [0.3, 0.4) is 0 Å². The van der Waals surface area contributed by atoms with Gasteiger partial charge in [0.25, 0.3) is 0 Å². The number of nitrogens with zero attached hydrogens (tertiary/aromatic N) is 4. The number of hydrazone groups is 1. The largest absolute Gasteiger partial charge is 0.317 e. The van der Waals surface area contributed by atoms with Crippen molar-refractivity contribution in [2.75, 3.05) is 5.43 Å². The molecule has 0 radical (unpaired) electrons. The second-order valence-electron chi connectivity index (χ2n) is 6.40. The summed E-state index contributed by atoms with van der Waals surface area (Å²) in [6.45, 7) is 8.27. The number of anilines is 1. The van der Waals surface area contributed by atoms with Crippen molar-refractivity contribution in [3.63, 3.8) is 0 Å². The second kappa shape index (κ2) is 7.41. The Balaban J connectivity index is 1.92. The molecule has 2 heterocycles. The van der Waals surface area contributed by atoms with Crippen molar-refractivity contribution >= 4 is 17.7 Å². The summed E-state index contributed by atoms with van der Waals surface area (Å²) in [7, 11) is 0. The topological polar surface area (TPSA) is 85.3 Å². The molecular weight excluding hydrogens is 342 g/mol. The molecule has 0 fully saturated rings. The molecule has 0 atom stereocenters. The number of aromatic nitrogens is 2. The van der Waals surface area contributed by atoms with Gasteiger partial charge in [-0.3, -0.25) is 15.5 Å². The maximum Gasteiger partial charge on any atom is 0.313 e. The summed E-state index contributed by atoms with van der Waals surface area (Å²) in [5.41, 5.74) is 9.19. The first-order valence-electron chi connectivity index (χ1n) is 8.54. The van der Waals surface area contributed by atoms with Crippen molar-refractivity contribution < 1.29 is 4.92 Å². The van der Waals surface area contributed by atoms with E-state index in [9.17, 15) is 10.1 Å². The fourth-order valence-electron chi connectivity index (χ4n) is 3.21. The number of hydrogen-bond acceptors (Lipinski definition) is 5. The molecule has 3 rings (SSSR count). The maximum absolute atomic E-state index is 11.0. The number of aryl methyl sites for hydroxylation is 3. The van der Waals surface area contributed by atoms with E-state index in [1.807, 2.05) is 26.0 Å². The summed E-state index contributed by atoms with van der Waals surface area (Å²) in [5, 5.41) is 15.2. The predicted molar refractivity (Wildman–Crippen MR) is 107 cm³/mol. The van der Waals surface area contributed by atoms with E-state index in [-0.39, 0.29) is 11.5 Å². The molecule has 1 aromatic carbocycles. The Morgan fingerprint density at radius 3 is 2.52 bits per heavy atom. The highest BCUT2D eigenvalue weighted by Crippen LogP contribution is 2.25. The predicted octanol–water partition coefficient (Wildman–Crippen LogP) is 4.46. The van der Waals surface area contributed by atoms with Crippen LogP contribution in [0.5, 0.6) is 0 Å². The van der Waals surface area contributed by atoms with Gasteiger partial charge in [-0.25, -0.2) is 4.98 Å². The lowest BCUT2D eigenvalue weighted by atomic mass is 10.1. The summed E-state index contributed by atoms with van der Waals surface area (Å²) >= 11 is 0. The van der Waals surface area contributed by atoms with Crippen LogP contribution in [0, 0.1) is 37.8 Å². The number of pyridine rings is 1. The normalized spacial score (nSPS) is 11.1. The molecule has 0 amide bonds. The molecule has 138 valence electrons. The van der Waals surface area contributed by atoms with Gasteiger partial charge in [-0.1, -0.05) is 18.2 Å². The first-order valence-corrected chi connectivity index (χ1v) is 8.54. The van der Waals surface area contributed by atoms with Gasteiger partial charge in [-0.15, -0.1) is 0 Å². The highest BCUT2D eigenvalue weighted by atomic mass is 16.6. The Bertz CT molecular complexity index is 1020. The van der Waals surface area contributed by atoms with Gasteiger partial charge >= 0.3 is 5.69 Å². The first-order chi connectivity index (χ1) is 12.9. The Hall–Kier alpha value is -3.48. The van der Waals surface area contributed by atoms with Crippen LogP contribution in [0.2, 0.25) is 0 Å². The van der Waals surface area contributed by atoms with Crippen LogP contribution in [0.4, 0.5) is 11.5 Å². The fourth-order valence-corrected chi connectivity index (χ4v) is 3.21. The molecule has 0 aliphatic rings. The number of para-hydroxylation sites is 1. The van der Waals surface area contributed by atoms with Crippen molar-refractivity contribution in [2.45, 2.75) is 27.7 Å². The van der Waals surface area contributed by atoms with E-state index in [0.717, 1.165) is 17.0 Å². The lowest BCUT2D eigenvalue weighted by molar-refractivity contribution is -0.384. The highest BCUT2D eigenvalue weighted by Gasteiger charge is 2.14. The van der Waals surface area contributed by atoms with Gasteiger partial charge in [0.2, 0.25) is 5.82 Å². The van der Waals surface area contributed by atoms with Crippen molar-refractivity contribution in [1.29, 1.82) is 0 Å². The molecule has 27 heavy (non-hydrogen) atoms. The van der Waals surface area contributed by atoms with E-state index in [4.69, 9.17) is 0 Å². The Kier molecular flexibility index (Phi) is 5.03. The third-order valence-electron chi connectivity index (χ3n) is 4.49. The van der Waals surface area contributed by atoms with Crippen molar-refractivity contribution in [3.8, 4) is 5.69 Å². The number of benzene rings is 1. The van der Waals surface area contributed by atoms with E-state index in [2.05, 4.69) is 46.1 Å². The third kappa shape index (κ3) is 3.57. The zero-order valence-electron chi connectivity index (χ0n) is 15.7. The van der Waals surface area contributed by atoms with Crippen LogP contribution in [0.1, 0.15) is 28.1 Å². The lowest BCUT2D eigenvalue weighted by Crippen LogP contribution is -2.04. The molecule has 0 bridgehead atoms. The molecule has 3 aromatic rings. The summed E-state index contributed by atoms with van der Waals surface area (Å²) in [6.07, 6.45) is 3.14. The zero-order valence-corrected chi connectivity index (χ0v) is 15.7. The SMILES string of the molecule is Cc1cccc(C)c1-n1c(C)cc(/C=N\Nc2ncccc2[N+](=O)[O-])c1C. The van der Waals surface area contributed by atoms with Crippen LogP contribution in [-0.4, -0.2) is 20.7 Å². The average molecular weight is 363 g/mol. The van der Waals surface area contributed by atoms with Crippen LogP contribution >= 0.6 is 0 Å². The van der Waals surface area contributed by atoms with Crippen LogP contribution in [-0.2, 0) is 0 Å². The Morgan fingerprint density at radius 1 is 1.15 bits per heavy atom. The van der Waals surface area contributed by atoms with Gasteiger partial charge in [-0.2, -0.15) is 5.10 Å². The number of hydrogen-bond donors (Lipinski definition) is 1. The highest BCUT2D eigenvalue weighted by molar-refractivity contribution is 5.83. The minimum atomic E-state index is -0.488. The molecule has 0 saturated heterocycles. The molecule has 0 saturated carbocycles. The maximum atomic E-state index is 11.0. The lowest BCUT2D eigenvalue weighted by Gasteiger charge is -2.15. The smallest absolute Gasteiger partial charge is 0.313 e. The van der Waals surface area contributed by atoms with Crippen molar-refractivity contribution in [3.05, 3.63) is 80.8 Å². The van der Waals surface area contributed by atoms with Crippen LogP contribution < -0.4 is 5.43 Å². The summed E-state index contributed by atoms with van der Waals surface area (Å²) in [6, 6.07) is 11.2. The van der Waals surface area contributed by atoms with Gasteiger partial charge in [0.1, 0.15) is 0 Å². The molecule has 0 aliphatic heterocycles. The van der Waals surface area contributed by atoms with Gasteiger partial charge in [-0.05, 0) is 51.0 Å². The van der Waals surface area contributed by atoms with Crippen molar-refractivity contribution in [2.24, 2.45) is 5.10 Å². The number of nitrogens with one attached hydrogen (secondary N) is 1. The Labute approximate surface area is 157 Å². The minimum Gasteiger partial charge on any atom is -0.317 e. The van der Waals surface area contributed by atoms with Gasteiger partial charge in [0.15, 0.2) is 0 Å². The average Bonchev–Trinajstić information content (AvgIpc) is 2.90. The summed E-state index contributed by atoms with van der Waals surface area (Å²) in [5.74, 6) is 0.113. The van der Waals surface area contributed by atoms with Crippen LogP contribution in [0.15, 0.2) is 47.7 Å². The number of nitro groups is 1. The molecule has 2 aromatic heterocycles. The van der Waals surface area contributed by atoms with Gasteiger partial charge in [0, 0.05) is 29.2 Å². The molecule has 7 nitrogen and oxygen atoms in total. The molecule has 0 spiro atoms. The molecule has 0 unspecified atom stereocenters. The minimum absolute atomic E-state index is 0.113. The second-order valence-corrected chi connectivity index (χ2v) is 6.40. The molecule has 0 aliphatic carbocycles. The quantitative estimate of drug-likeness (QED) is 0.412. The monoisotopic (exact) mass is 363 g/mol. The molecule has 7 heteroatoms. The Morgan fingerprint density at radius 2 is 1.85 bits per heavy atom. The van der Waals surface area contributed by atoms with Gasteiger partial charge < -0.3 is 4.57 Å². The van der Waals surface area contributed by atoms with E-state index in [1.165, 1.54) is 35.1 Å². The van der Waals surface area contributed by atoms with E-state index in [0.29, 0.717) is 0 Å². The standard InChI is InChI=1S/C20H21N5O2/c1-13-7-5-8-14(2)19(13)24-15(3)11-17(16(24)4)12-22-23-20-18(25(26)27)9-6-10-21-20/h5-12H,1-4H3,(H,21,23)/b22-12-. The van der Waals surface area contributed by atoms with E-state index >= 15 is 0 Å². The third-order valence-corrected chi connectivity index (χ3v) is 4.49. The van der Waals surface area contributed by atoms with Gasteiger partial charge in [0.05, 0.1) is 16.8 Å². The van der Waals surface area contributed by atoms with Crippen molar-refractivity contribution in [1.82, 2.24) is 9.55 Å². The molecule has 1 N–H and O–H groups in total. The van der Waals surface area contributed by atoms with E-state index in [1.54, 1.807) is 6.21 Å². The zero-order chi connectivity index (χ0) is 19.6. The first kappa shape index (κ1) is 18.3.